The number of carbonyl (C=O) groups is 4. The standard InChI is InChI=1S/C21H29N3O6/c1-4-21(10-9-17(25)24-19(21)27)14-5-7-15(8-6-14)23-20(28)30-12-29-18(26)16(11-22)13(2)3/h5-8,13,16H,4,9-12,22H2,1-3H3,(H,23,28)(H,24,25,27). The van der Waals surface area contributed by atoms with Crippen molar-refractivity contribution in [3.63, 3.8) is 0 Å². The van der Waals surface area contributed by atoms with Gasteiger partial charge in [-0.15, -0.1) is 0 Å². The largest absolute Gasteiger partial charge is 0.428 e. The Bertz CT molecular complexity index is 792. The number of piperidine rings is 1. The molecule has 9 nitrogen and oxygen atoms in total. The smallest absolute Gasteiger partial charge is 0.414 e. The zero-order chi connectivity index (χ0) is 22.3. The average Bonchev–Trinajstić information content (AvgIpc) is 2.69. The van der Waals surface area contributed by atoms with Gasteiger partial charge in [0, 0.05) is 18.7 Å². The molecule has 0 spiro atoms. The number of imide groups is 1. The molecule has 2 rings (SSSR count). The molecule has 0 aliphatic carbocycles. The molecule has 0 aromatic heterocycles. The van der Waals surface area contributed by atoms with Crippen LogP contribution in [0.2, 0.25) is 0 Å². The topological polar surface area (TPSA) is 137 Å². The van der Waals surface area contributed by atoms with Crippen LogP contribution in [0, 0.1) is 11.8 Å². The molecule has 9 heteroatoms. The minimum atomic E-state index is -0.782. The molecule has 1 aliphatic heterocycles. The number of esters is 1. The van der Waals surface area contributed by atoms with E-state index in [1.54, 1.807) is 24.3 Å². The molecule has 1 fully saturated rings. The average molecular weight is 419 g/mol. The molecule has 0 saturated carbocycles. The van der Waals surface area contributed by atoms with Crippen molar-refractivity contribution in [2.75, 3.05) is 18.7 Å². The van der Waals surface area contributed by atoms with Crippen LogP contribution in [0.15, 0.2) is 24.3 Å². The molecule has 3 amide bonds. The lowest BCUT2D eigenvalue weighted by Crippen LogP contribution is -2.51. The maximum Gasteiger partial charge on any atom is 0.414 e. The lowest BCUT2D eigenvalue weighted by atomic mass is 9.72. The Balaban J connectivity index is 1.91. The highest BCUT2D eigenvalue weighted by Gasteiger charge is 2.42. The van der Waals surface area contributed by atoms with Crippen molar-refractivity contribution in [3.8, 4) is 0 Å². The first kappa shape index (κ1) is 23.3. The van der Waals surface area contributed by atoms with Crippen LogP contribution in [-0.4, -0.2) is 37.2 Å². The van der Waals surface area contributed by atoms with E-state index >= 15 is 0 Å². The van der Waals surface area contributed by atoms with E-state index in [0.29, 0.717) is 18.5 Å². The Morgan fingerprint density at radius 2 is 1.87 bits per heavy atom. The van der Waals surface area contributed by atoms with Crippen LogP contribution in [0.5, 0.6) is 0 Å². The van der Waals surface area contributed by atoms with Gasteiger partial charge in [0.05, 0.1) is 11.3 Å². The zero-order valence-electron chi connectivity index (χ0n) is 17.5. The molecule has 2 unspecified atom stereocenters. The van der Waals surface area contributed by atoms with Gasteiger partial charge in [-0.1, -0.05) is 32.9 Å². The summed E-state index contributed by atoms with van der Waals surface area (Å²) >= 11 is 0. The number of ether oxygens (including phenoxy) is 2. The number of nitrogens with one attached hydrogen (secondary N) is 2. The van der Waals surface area contributed by atoms with Gasteiger partial charge in [-0.05, 0) is 36.5 Å². The molecule has 1 saturated heterocycles. The number of benzene rings is 1. The number of hydrogen-bond donors (Lipinski definition) is 3. The number of nitrogens with two attached hydrogens (primary N) is 1. The second-order valence-electron chi connectivity index (χ2n) is 7.61. The molecule has 0 bridgehead atoms. The van der Waals surface area contributed by atoms with Gasteiger partial charge in [0.1, 0.15) is 0 Å². The molecular formula is C21H29N3O6. The van der Waals surface area contributed by atoms with E-state index in [1.807, 2.05) is 20.8 Å². The lowest BCUT2D eigenvalue weighted by Gasteiger charge is -2.35. The van der Waals surface area contributed by atoms with E-state index in [1.165, 1.54) is 0 Å². The third kappa shape index (κ3) is 5.35. The molecular weight excluding hydrogens is 390 g/mol. The second kappa shape index (κ2) is 10.2. The normalized spacial score (nSPS) is 19.8. The monoisotopic (exact) mass is 419 g/mol. The van der Waals surface area contributed by atoms with Crippen molar-refractivity contribution in [1.29, 1.82) is 0 Å². The van der Waals surface area contributed by atoms with E-state index in [-0.39, 0.29) is 30.7 Å². The van der Waals surface area contributed by atoms with Crippen molar-refractivity contribution in [2.45, 2.75) is 45.4 Å². The van der Waals surface area contributed by atoms with Crippen molar-refractivity contribution in [2.24, 2.45) is 17.6 Å². The molecule has 30 heavy (non-hydrogen) atoms. The SMILES string of the molecule is CCC1(c2ccc(NC(=O)OCOC(=O)C(CN)C(C)C)cc2)CCC(=O)NC1=O. The van der Waals surface area contributed by atoms with Crippen LogP contribution in [-0.2, 0) is 29.3 Å². The fourth-order valence-electron chi connectivity index (χ4n) is 3.48. The highest BCUT2D eigenvalue weighted by molar-refractivity contribution is 6.03. The van der Waals surface area contributed by atoms with Gasteiger partial charge in [-0.2, -0.15) is 0 Å². The first-order chi connectivity index (χ1) is 14.2. The Morgan fingerprint density at radius 1 is 1.20 bits per heavy atom. The Labute approximate surface area is 175 Å². The van der Waals surface area contributed by atoms with Crippen molar-refractivity contribution < 1.29 is 28.7 Å². The molecule has 4 N–H and O–H groups in total. The van der Waals surface area contributed by atoms with E-state index < -0.39 is 30.2 Å². The minimum Gasteiger partial charge on any atom is -0.428 e. The molecule has 1 aromatic carbocycles. The van der Waals surface area contributed by atoms with Gasteiger partial charge in [-0.3, -0.25) is 25.0 Å². The van der Waals surface area contributed by atoms with Crippen LogP contribution in [0.3, 0.4) is 0 Å². The highest BCUT2D eigenvalue weighted by atomic mass is 16.7. The summed E-state index contributed by atoms with van der Waals surface area (Å²) in [6.45, 7) is 5.25. The molecule has 164 valence electrons. The number of amides is 3. The van der Waals surface area contributed by atoms with Crippen molar-refractivity contribution >= 4 is 29.6 Å². The fraction of sp³-hybridized carbons (Fsp3) is 0.524. The van der Waals surface area contributed by atoms with Crippen LogP contribution in [0.4, 0.5) is 10.5 Å². The van der Waals surface area contributed by atoms with E-state index in [0.717, 1.165) is 5.56 Å². The summed E-state index contributed by atoms with van der Waals surface area (Å²) in [5.74, 6) is -1.52. The van der Waals surface area contributed by atoms with Gasteiger partial charge in [-0.25, -0.2) is 4.79 Å². The summed E-state index contributed by atoms with van der Waals surface area (Å²) in [7, 11) is 0. The lowest BCUT2D eigenvalue weighted by molar-refractivity contribution is -0.157. The number of anilines is 1. The van der Waals surface area contributed by atoms with Crippen LogP contribution in [0.1, 0.15) is 45.6 Å². The molecule has 2 atom stereocenters. The summed E-state index contributed by atoms with van der Waals surface area (Å²) < 4.78 is 9.81. The second-order valence-corrected chi connectivity index (χ2v) is 7.61. The van der Waals surface area contributed by atoms with Crippen molar-refractivity contribution in [1.82, 2.24) is 5.32 Å². The van der Waals surface area contributed by atoms with Crippen LogP contribution < -0.4 is 16.4 Å². The summed E-state index contributed by atoms with van der Waals surface area (Å²) in [4.78, 5) is 47.7. The Hall–Kier alpha value is -2.94. The molecule has 1 aliphatic rings. The predicted octanol–water partition coefficient (Wildman–Crippen LogP) is 2.05. The third-order valence-electron chi connectivity index (χ3n) is 5.51. The highest BCUT2D eigenvalue weighted by Crippen LogP contribution is 2.36. The van der Waals surface area contributed by atoms with Gasteiger partial charge >= 0.3 is 12.1 Å². The maximum absolute atomic E-state index is 12.4. The molecule has 0 radical (unpaired) electrons. The first-order valence-electron chi connectivity index (χ1n) is 9.98. The quantitative estimate of drug-likeness (QED) is 0.333. The van der Waals surface area contributed by atoms with Crippen LogP contribution >= 0.6 is 0 Å². The maximum atomic E-state index is 12.4. The number of carbonyl (C=O) groups excluding carboxylic acids is 4. The van der Waals surface area contributed by atoms with E-state index in [2.05, 4.69) is 10.6 Å². The van der Waals surface area contributed by atoms with Crippen molar-refractivity contribution in [3.05, 3.63) is 29.8 Å². The van der Waals surface area contributed by atoms with E-state index in [4.69, 9.17) is 15.2 Å². The number of hydrogen-bond acceptors (Lipinski definition) is 7. The summed E-state index contributed by atoms with van der Waals surface area (Å²) in [6, 6.07) is 6.77. The zero-order valence-corrected chi connectivity index (χ0v) is 17.5. The predicted molar refractivity (Wildman–Crippen MR) is 109 cm³/mol. The minimum absolute atomic E-state index is 0.0191. The van der Waals surface area contributed by atoms with Gasteiger partial charge in [0.25, 0.3) is 0 Å². The fourth-order valence-corrected chi connectivity index (χ4v) is 3.48. The Kier molecular flexibility index (Phi) is 7.93. The Morgan fingerprint density at radius 3 is 2.40 bits per heavy atom. The summed E-state index contributed by atoms with van der Waals surface area (Å²) in [5, 5.41) is 4.93. The summed E-state index contributed by atoms with van der Waals surface area (Å²) in [6.07, 6.45) is 0.489. The van der Waals surface area contributed by atoms with E-state index in [9.17, 15) is 19.2 Å². The third-order valence-corrected chi connectivity index (χ3v) is 5.51. The van der Waals surface area contributed by atoms with Crippen LogP contribution in [0.25, 0.3) is 0 Å². The van der Waals surface area contributed by atoms with Gasteiger partial charge in [0.2, 0.25) is 18.6 Å². The first-order valence-corrected chi connectivity index (χ1v) is 9.98. The summed E-state index contributed by atoms with van der Waals surface area (Å²) in [5.41, 5.74) is 6.00. The van der Waals surface area contributed by atoms with Gasteiger partial charge < -0.3 is 15.2 Å². The molecule has 1 heterocycles. The number of rotatable bonds is 8. The molecule has 1 aromatic rings. The van der Waals surface area contributed by atoms with Gasteiger partial charge in [0.15, 0.2) is 0 Å².